The van der Waals surface area contributed by atoms with Gasteiger partial charge in [-0.25, -0.2) is 0 Å². The molecule has 0 amide bonds. The fourth-order valence-electron chi connectivity index (χ4n) is 3.27. The molecule has 2 rings (SSSR count). The monoisotopic (exact) mass is 363 g/mol. The summed E-state index contributed by atoms with van der Waals surface area (Å²) in [5.41, 5.74) is 3.46. The van der Waals surface area contributed by atoms with E-state index < -0.39 is 0 Å². The largest absolute Gasteiger partial charge is 0.496 e. The minimum atomic E-state index is 0. The second-order valence-corrected chi connectivity index (χ2v) is 6.00. The Bertz CT molecular complexity index is 465. The van der Waals surface area contributed by atoms with Crippen LogP contribution >= 0.6 is 24.8 Å². The maximum Gasteiger partial charge on any atom is 0.128 e. The van der Waals surface area contributed by atoms with E-state index in [1.807, 2.05) is 6.20 Å². The summed E-state index contributed by atoms with van der Waals surface area (Å²) < 4.78 is 5.53. The Morgan fingerprint density at radius 1 is 1.26 bits per heavy atom. The van der Waals surface area contributed by atoms with Crippen LogP contribution in [0.4, 0.5) is 0 Å². The summed E-state index contributed by atoms with van der Waals surface area (Å²) in [6.45, 7) is 10.8. The van der Waals surface area contributed by atoms with Gasteiger partial charge in [-0.15, -0.1) is 24.8 Å². The zero-order valence-corrected chi connectivity index (χ0v) is 16.4. The molecule has 1 fully saturated rings. The molecule has 1 aliphatic rings. The summed E-state index contributed by atoms with van der Waals surface area (Å²) in [7, 11) is 1.75. The first-order valence-corrected chi connectivity index (χ1v) is 8.11. The first kappa shape index (κ1) is 22.4. The van der Waals surface area contributed by atoms with Crippen LogP contribution in [0.25, 0.3) is 0 Å². The Morgan fingerprint density at radius 3 is 2.48 bits per heavy atom. The van der Waals surface area contributed by atoms with Gasteiger partial charge in [0.15, 0.2) is 0 Å². The zero-order chi connectivity index (χ0) is 15.2. The molecular weight excluding hydrogens is 333 g/mol. The minimum absolute atomic E-state index is 0. The van der Waals surface area contributed by atoms with Gasteiger partial charge in [-0.2, -0.15) is 0 Å². The first-order chi connectivity index (χ1) is 10.2. The van der Waals surface area contributed by atoms with Gasteiger partial charge < -0.3 is 10.1 Å². The van der Waals surface area contributed by atoms with Crippen LogP contribution in [0.1, 0.15) is 43.0 Å². The number of ether oxygens (including phenoxy) is 1. The quantitative estimate of drug-likeness (QED) is 0.838. The fraction of sp³-hybridized carbons (Fsp3) is 0.706. The Hall–Kier alpha value is -0.550. The molecule has 23 heavy (non-hydrogen) atoms. The maximum atomic E-state index is 5.53. The van der Waals surface area contributed by atoms with E-state index in [2.05, 4.69) is 36.0 Å². The second-order valence-electron chi connectivity index (χ2n) is 6.00. The highest BCUT2D eigenvalue weighted by atomic mass is 35.5. The number of methoxy groups -OCH3 is 1. The number of pyridine rings is 1. The first-order valence-electron chi connectivity index (χ1n) is 8.11. The van der Waals surface area contributed by atoms with Crippen LogP contribution in [0, 0.1) is 13.8 Å². The number of piperidine rings is 1. The molecule has 1 aromatic heterocycles. The SMILES string of the molecule is CCCN(Cc1ncc(C)c(OC)c1C)C1CCNCC1.Cl.Cl. The number of nitrogens with one attached hydrogen (secondary N) is 1. The van der Waals surface area contributed by atoms with Gasteiger partial charge >= 0.3 is 0 Å². The molecule has 6 heteroatoms. The van der Waals surface area contributed by atoms with Crippen LogP contribution < -0.4 is 10.1 Å². The molecule has 0 aromatic carbocycles. The Kier molecular flexibility index (Phi) is 10.8. The van der Waals surface area contributed by atoms with Gasteiger partial charge in [-0.1, -0.05) is 6.92 Å². The van der Waals surface area contributed by atoms with E-state index in [1.54, 1.807) is 7.11 Å². The van der Waals surface area contributed by atoms with Crippen LogP contribution in [0.2, 0.25) is 0 Å². The molecule has 134 valence electrons. The molecule has 4 nitrogen and oxygen atoms in total. The van der Waals surface area contributed by atoms with Crippen molar-refractivity contribution >= 4 is 24.8 Å². The van der Waals surface area contributed by atoms with Crippen molar-refractivity contribution in [2.24, 2.45) is 0 Å². The molecule has 0 unspecified atom stereocenters. The predicted octanol–water partition coefficient (Wildman–Crippen LogP) is 3.51. The van der Waals surface area contributed by atoms with E-state index in [4.69, 9.17) is 4.74 Å². The van der Waals surface area contributed by atoms with Crippen LogP contribution in [0.5, 0.6) is 5.75 Å². The van der Waals surface area contributed by atoms with Gasteiger partial charge in [0.25, 0.3) is 0 Å². The predicted molar refractivity (Wildman–Crippen MR) is 101 cm³/mol. The number of rotatable bonds is 6. The van der Waals surface area contributed by atoms with Crippen molar-refractivity contribution in [3.8, 4) is 5.75 Å². The molecule has 0 aliphatic carbocycles. The molecule has 0 radical (unpaired) electrons. The minimum Gasteiger partial charge on any atom is -0.496 e. The van der Waals surface area contributed by atoms with Crippen molar-refractivity contribution in [3.05, 3.63) is 23.0 Å². The average molecular weight is 364 g/mol. The van der Waals surface area contributed by atoms with Crippen molar-refractivity contribution in [3.63, 3.8) is 0 Å². The number of halogens is 2. The van der Waals surface area contributed by atoms with Gasteiger partial charge in [-0.3, -0.25) is 9.88 Å². The van der Waals surface area contributed by atoms with Gasteiger partial charge in [0.2, 0.25) is 0 Å². The third-order valence-electron chi connectivity index (χ3n) is 4.44. The van der Waals surface area contributed by atoms with Gasteiger partial charge in [0.1, 0.15) is 5.75 Å². The molecule has 1 aromatic rings. The Balaban J connectivity index is 0.00000242. The van der Waals surface area contributed by atoms with Gasteiger partial charge in [-0.05, 0) is 52.7 Å². The third kappa shape index (κ3) is 5.79. The lowest BCUT2D eigenvalue weighted by Gasteiger charge is -2.34. The number of aryl methyl sites for hydroxylation is 1. The number of aromatic nitrogens is 1. The third-order valence-corrected chi connectivity index (χ3v) is 4.44. The van der Waals surface area contributed by atoms with Gasteiger partial charge in [0.05, 0.1) is 12.8 Å². The lowest BCUT2D eigenvalue weighted by molar-refractivity contribution is 0.152. The highest BCUT2D eigenvalue weighted by Gasteiger charge is 2.22. The van der Waals surface area contributed by atoms with E-state index in [1.165, 1.54) is 24.8 Å². The normalized spacial score (nSPS) is 15.0. The summed E-state index contributed by atoms with van der Waals surface area (Å²) in [6.07, 6.45) is 5.60. The standard InChI is InChI=1S/C17H29N3O.2ClH/c1-5-10-20(15-6-8-18-9-7-15)12-16-14(3)17(21-4)13(2)11-19-16;;/h11,15,18H,5-10,12H2,1-4H3;2*1H. The lowest BCUT2D eigenvalue weighted by atomic mass is 10.0. The summed E-state index contributed by atoms with van der Waals surface area (Å²) in [5, 5.41) is 3.45. The van der Waals surface area contributed by atoms with E-state index >= 15 is 0 Å². The molecule has 1 saturated heterocycles. The van der Waals surface area contributed by atoms with Crippen molar-refractivity contribution in [2.45, 2.75) is 52.6 Å². The summed E-state index contributed by atoms with van der Waals surface area (Å²) in [5.74, 6) is 0.988. The van der Waals surface area contributed by atoms with Crippen molar-refractivity contribution in [1.29, 1.82) is 0 Å². The summed E-state index contributed by atoms with van der Waals surface area (Å²) >= 11 is 0. The van der Waals surface area contributed by atoms with Crippen LogP contribution in [-0.4, -0.2) is 42.7 Å². The van der Waals surface area contributed by atoms with E-state index in [0.717, 1.165) is 43.2 Å². The molecule has 0 bridgehead atoms. The fourth-order valence-corrected chi connectivity index (χ4v) is 3.27. The van der Waals surface area contributed by atoms with Crippen molar-refractivity contribution < 1.29 is 4.74 Å². The smallest absolute Gasteiger partial charge is 0.128 e. The number of nitrogens with zero attached hydrogens (tertiary/aromatic N) is 2. The number of hydrogen-bond donors (Lipinski definition) is 1. The van der Waals surface area contributed by atoms with E-state index in [9.17, 15) is 0 Å². The van der Waals surface area contributed by atoms with Crippen molar-refractivity contribution in [2.75, 3.05) is 26.7 Å². The highest BCUT2D eigenvalue weighted by Crippen LogP contribution is 2.26. The summed E-state index contributed by atoms with van der Waals surface area (Å²) in [4.78, 5) is 7.27. The highest BCUT2D eigenvalue weighted by molar-refractivity contribution is 5.85. The molecule has 1 N–H and O–H groups in total. The van der Waals surface area contributed by atoms with Crippen LogP contribution in [0.3, 0.4) is 0 Å². The lowest BCUT2D eigenvalue weighted by Crippen LogP contribution is -2.43. The van der Waals surface area contributed by atoms with Crippen LogP contribution in [-0.2, 0) is 6.54 Å². The molecule has 0 atom stereocenters. The molecule has 0 spiro atoms. The molecule has 2 heterocycles. The molecular formula is C17H31Cl2N3O. The van der Waals surface area contributed by atoms with E-state index in [-0.39, 0.29) is 24.8 Å². The Morgan fingerprint density at radius 2 is 1.91 bits per heavy atom. The van der Waals surface area contributed by atoms with E-state index in [0.29, 0.717) is 6.04 Å². The maximum absolute atomic E-state index is 5.53. The zero-order valence-electron chi connectivity index (χ0n) is 14.7. The van der Waals surface area contributed by atoms with Gasteiger partial charge in [0, 0.05) is 29.9 Å². The Labute approximate surface area is 153 Å². The average Bonchev–Trinajstić information content (AvgIpc) is 2.51. The molecule has 1 aliphatic heterocycles. The second kappa shape index (κ2) is 11.1. The van der Waals surface area contributed by atoms with Crippen molar-refractivity contribution in [1.82, 2.24) is 15.2 Å². The summed E-state index contributed by atoms with van der Waals surface area (Å²) in [6, 6.07) is 0.680. The van der Waals surface area contributed by atoms with Crippen LogP contribution in [0.15, 0.2) is 6.20 Å². The molecule has 0 saturated carbocycles. The number of hydrogen-bond acceptors (Lipinski definition) is 4. The topological polar surface area (TPSA) is 37.4 Å².